The molecule has 5 nitrogen and oxygen atoms in total. The molecule has 0 saturated heterocycles. The van der Waals surface area contributed by atoms with E-state index in [1.807, 2.05) is 67.6 Å². The van der Waals surface area contributed by atoms with Crippen molar-refractivity contribution >= 4 is 28.9 Å². The van der Waals surface area contributed by atoms with Gasteiger partial charge in [0.15, 0.2) is 5.11 Å². The van der Waals surface area contributed by atoms with Gasteiger partial charge in [-0.05, 0) is 66.7 Å². The largest absolute Gasteiger partial charge is 0.492 e. The molecule has 0 heterocycles. The molecular weight excluding hydrogens is 420 g/mol. The van der Waals surface area contributed by atoms with Crippen LogP contribution in [0, 0.1) is 0 Å². The van der Waals surface area contributed by atoms with Crippen LogP contribution in [-0.4, -0.2) is 24.2 Å². The Bertz CT molecular complexity index is 1070. The van der Waals surface area contributed by atoms with Crippen LogP contribution < -0.4 is 20.1 Å². The molecule has 0 saturated carbocycles. The van der Waals surface area contributed by atoms with Gasteiger partial charge in [-0.15, -0.1) is 0 Å². The molecule has 0 aliphatic heterocycles. The number of rotatable bonds is 9. The highest BCUT2D eigenvalue weighted by Crippen LogP contribution is 2.19. The van der Waals surface area contributed by atoms with Crippen molar-refractivity contribution in [1.29, 1.82) is 0 Å². The number of hydrogen-bond acceptors (Lipinski definition) is 4. The van der Waals surface area contributed by atoms with Crippen molar-refractivity contribution in [3.63, 3.8) is 0 Å². The zero-order chi connectivity index (χ0) is 22.8. The Morgan fingerprint density at radius 3 is 2.34 bits per heavy atom. The van der Waals surface area contributed by atoms with Crippen molar-refractivity contribution in [3.8, 4) is 11.5 Å². The third-order valence-corrected chi connectivity index (χ3v) is 4.65. The molecule has 0 aliphatic carbocycles. The van der Waals surface area contributed by atoms with E-state index in [1.165, 1.54) is 5.56 Å². The van der Waals surface area contributed by atoms with E-state index in [0.717, 1.165) is 23.4 Å². The number of thiocarbonyl (C=S) groups is 1. The van der Waals surface area contributed by atoms with Gasteiger partial charge in [-0.3, -0.25) is 10.1 Å². The van der Waals surface area contributed by atoms with E-state index in [4.69, 9.17) is 21.7 Å². The predicted molar refractivity (Wildman–Crippen MR) is 133 cm³/mol. The molecule has 0 aliphatic rings. The molecule has 0 bridgehead atoms. The maximum atomic E-state index is 12.8. The summed E-state index contributed by atoms with van der Waals surface area (Å²) in [6.07, 6.45) is 0.753. The van der Waals surface area contributed by atoms with E-state index in [1.54, 1.807) is 18.2 Å². The molecule has 164 valence electrons. The molecule has 0 fully saturated rings. The summed E-state index contributed by atoms with van der Waals surface area (Å²) in [6, 6.07) is 24.5. The fourth-order valence-electron chi connectivity index (χ4n) is 2.88. The number of benzene rings is 3. The summed E-state index contributed by atoms with van der Waals surface area (Å²) in [5.74, 6) is 0.914. The highest BCUT2D eigenvalue weighted by atomic mass is 32.1. The summed E-state index contributed by atoms with van der Waals surface area (Å²) in [5, 5.41) is 5.91. The molecule has 0 spiro atoms. The molecule has 6 heteroatoms. The van der Waals surface area contributed by atoms with Gasteiger partial charge in [-0.2, -0.15) is 0 Å². The number of ether oxygens (including phenoxy) is 2. The summed E-state index contributed by atoms with van der Waals surface area (Å²) in [6.45, 7) is 6.65. The van der Waals surface area contributed by atoms with Gasteiger partial charge >= 0.3 is 0 Å². The van der Waals surface area contributed by atoms with Crippen LogP contribution in [0.4, 0.5) is 5.69 Å². The molecule has 1 amide bonds. The van der Waals surface area contributed by atoms with Crippen LogP contribution in [0.1, 0.15) is 22.8 Å². The molecule has 0 unspecified atom stereocenters. The SMILES string of the molecule is C=C(C)COc1ccc(NC(=S)NC(=O)c2ccccc2OCCc2ccccc2)cc1. The minimum atomic E-state index is -0.334. The average molecular weight is 447 g/mol. The topological polar surface area (TPSA) is 59.6 Å². The Hall–Kier alpha value is -3.64. The van der Waals surface area contributed by atoms with Crippen molar-refractivity contribution in [2.24, 2.45) is 0 Å². The number of nitrogens with one attached hydrogen (secondary N) is 2. The average Bonchev–Trinajstić information content (AvgIpc) is 2.79. The van der Waals surface area contributed by atoms with Crippen molar-refractivity contribution in [3.05, 3.63) is 102 Å². The summed E-state index contributed by atoms with van der Waals surface area (Å²) >= 11 is 5.30. The van der Waals surface area contributed by atoms with Gasteiger partial charge in [-0.1, -0.05) is 49.0 Å². The fourth-order valence-corrected chi connectivity index (χ4v) is 3.09. The lowest BCUT2D eigenvalue weighted by molar-refractivity contribution is 0.0974. The molecule has 0 atom stereocenters. The van der Waals surface area contributed by atoms with Crippen molar-refractivity contribution in [1.82, 2.24) is 5.32 Å². The zero-order valence-electron chi connectivity index (χ0n) is 18.0. The van der Waals surface area contributed by atoms with Crippen LogP contribution >= 0.6 is 12.2 Å². The first-order valence-corrected chi connectivity index (χ1v) is 10.7. The monoisotopic (exact) mass is 446 g/mol. The van der Waals surface area contributed by atoms with Gasteiger partial charge in [0.05, 0.1) is 12.2 Å². The lowest BCUT2D eigenvalue weighted by atomic mass is 10.1. The summed E-state index contributed by atoms with van der Waals surface area (Å²) in [5.41, 5.74) is 3.29. The smallest absolute Gasteiger partial charge is 0.261 e. The van der Waals surface area contributed by atoms with E-state index >= 15 is 0 Å². The summed E-state index contributed by atoms with van der Waals surface area (Å²) < 4.78 is 11.4. The van der Waals surface area contributed by atoms with Crippen molar-refractivity contribution < 1.29 is 14.3 Å². The van der Waals surface area contributed by atoms with Crippen LogP contribution in [0.3, 0.4) is 0 Å². The minimum Gasteiger partial charge on any atom is -0.492 e. The number of carbonyl (C=O) groups is 1. The number of hydrogen-bond donors (Lipinski definition) is 2. The number of anilines is 1. The lowest BCUT2D eigenvalue weighted by Gasteiger charge is -2.13. The molecule has 0 aromatic heterocycles. The number of amides is 1. The fraction of sp³-hybridized carbons (Fsp3) is 0.154. The highest BCUT2D eigenvalue weighted by Gasteiger charge is 2.14. The Kier molecular flexibility index (Phi) is 8.40. The quantitative estimate of drug-likeness (QED) is 0.341. The van der Waals surface area contributed by atoms with Gasteiger partial charge in [0.1, 0.15) is 18.1 Å². The first kappa shape index (κ1) is 23.0. The number of para-hydroxylation sites is 1. The molecule has 3 aromatic carbocycles. The Morgan fingerprint density at radius 2 is 1.62 bits per heavy atom. The van der Waals surface area contributed by atoms with Gasteiger partial charge in [0.2, 0.25) is 0 Å². The standard InChI is InChI=1S/C26H26N2O3S/c1-19(2)18-31-22-14-12-21(13-15-22)27-26(32)28-25(29)23-10-6-7-11-24(23)30-17-16-20-8-4-3-5-9-20/h3-15H,1,16-18H2,2H3,(H2,27,28,29,32). The van der Waals surface area contributed by atoms with E-state index in [-0.39, 0.29) is 11.0 Å². The molecule has 32 heavy (non-hydrogen) atoms. The van der Waals surface area contributed by atoms with E-state index in [2.05, 4.69) is 17.2 Å². The predicted octanol–water partition coefficient (Wildman–Crippen LogP) is 5.39. The van der Waals surface area contributed by atoms with E-state index in [9.17, 15) is 4.79 Å². The van der Waals surface area contributed by atoms with Gasteiger partial charge < -0.3 is 14.8 Å². The Morgan fingerprint density at radius 1 is 0.938 bits per heavy atom. The van der Waals surface area contributed by atoms with Crippen LogP contribution in [0.5, 0.6) is 11.5 Å². The first-order chi connectivity index (χ1) is 15.5. The molecule has 0 radical (unpaired) electrons. The first-order valence-electron chi connectivity index (χ1n) is 10.3. The van der Waals surface area contributed by atoms with E-state index in [0.29, 0.717) is 24.5 Å². The maximum absolute atomic E-state index is 12.8. The summed E-state index contributed by atoms with van der Waals surface area (Å²) in [7, 11) is 0. The second kappa shape index (κ2) is 11.7. The molecule has 3 rings (SSSR count). The second-order valence-corrected chi connectivity index (χ2v) is 7.67. The van der Waals surface area contributed by atoms with Crippen LogP contribution in [0.25, 0.3) is 0 Å². The Balaban J connectivity index is 1.53. The number of carbonyl (C=O) groups excluding carboxylic acids is 1. The third-order valence-electron chi connectivity index (χ3n) is 4.45. The van der Waals surface area contributed by atoms with Crippen LogP contribution in [-0.2, 0) is 6.42 Å². The van der Waals surface area contributed by atoms with Gasteiger partial charge in [0.25, 0.3) is 5.91 Å². The highest BCUT2D eigenvalue weighted by molar-refractivity contribution is 7.80. The van der Waals surface area contributed by atoms with Crippen molar-refractivity contribution in [2.45, 2.75) is 13.3 Å². The lowest BCUT2D eigenvalue weighted by Crippen LogP contribution is -2.34. The maximum Gasteiger partial charge on any atom is 0.261 e. The Labute approximate surface area is 194 Å². The zero-order valence-corrected chi connectivity index (χ0v) is 18.8. The minimum absolute atomic E-state index is 0.199. The third kappa shape index (κ3) is 7.25. The second-order valence-electron chi connectivity index (χ2n) is 7.26. The van der Waals surface area contributed by atoms with Gasteiger partial charge in [0, 0.05) is 12.1 Å². The van der Waals surface area contributed by atoms with Crippen LogP contribution in [0.15, 0.2) is 91.0 Å². The normalized spacial score (nSPS) is 10.2. The molecule has 2 N–H and O–H groups in total. The van der Waals surface area contributed by atoms with Crippen LogP contribution in [0.2, 0.25) is 0 Å². The van der Waals surface area contributed by atoms with Gasteiger partial charge in [-0.25, -0.2) is 0 Å². The molecule has 3 aromatic rings. The molecular formula is C26H26N2O3S. The van der Waals surface area contributed by atoms with Crippen molar-refractivity contribution in [2.75, 3.05) is 18.5 Å². The summed E-state index contributed by atoms with van der Waals surface area (Å²) in [4.78, 5) is 12.8. The van der Waals surface area contributed by atoms with E-state index < -0.39 is 0 Å².